The van der Waals surface area contributed by atoms with Crippen LogP contribution in [0.5, 0.6) is 11.5 Å². The van der Waals surface area contributed by atoms with Crippen LogP contribution >= 0.6 is 0 Å². The molecule has 0 heterocycles. The molecule has 0 fully saturated rings. The molecule has 1 amide bonds. The summed E-state index contributed by atoms with van der Waals surface area (Å²) >= 11 is 0. The number of alkyl halides is 3. The molecule has 2 rings (SSSR count). The van der Waals surface area contributed by atoms with Crippen molar-refractivity contribution in [1.29, 1.82) is 0 Å². The van der Waals surface area contributed by atoms with Gasteiger partial charge in [0.1, 0.15) is 11.5 Å². The summed E-state index contributed by atoms with van der Waals surface area (Å²) in [4.78, 5) is 12.1. The second kappa shape index (κ2) is 7.92. The Bertz CT molecular complexity index is 745. The van der Waals surface area contributed by atoms with Crippen LogP contribution in [0.25, 0.3) is 0 Å². The molecule has 7 heteroatoms. The van der Waals surface area contributed by atoms with E-state index in [0.717, 1.165) is 12.1 Å². The molecule has 2 aromatic carbocycles. The SMILES string of the molecule is COc1ccc(CC(=O)NCc2cccc(C(F)(F)F)c2)c(OC)c1. The highest BCUT2D eigenvalue weighted by Gasteiger charge is 2.30. The number of rotatable bonds is 6. The van der Waals surface area contributed by atoms with Crippen LogP contribution in [0, 0.1) is 0 Å². The van der Waals surface area contributed by atoms with Crippen LogP contribution in [0.15, 0.2) is 42.5 Å². The lowest BCUT2D eigenvalue weighted by Crippen LogP contribution is -2.25. The number of carbonyl (C=O) groups excluding carboxylic acids is 1. The largest absolute Gasteiger partial charge is 0.497 e. The van der Waals surface area contributed by atoms with Crippen molar-refractivity contribution in [3.8, 4) is 11.5 Å². The average Bonchev–Trinajstić information content (AvgIpc) is 2.60. The lowest BCUT2D eigenvalue weighted by Gasteiger charge is -2.12. The number of nitrogens with one attached hydrogen (secondary N) is 1. The summed E-state index contributed by atoms with van der Waals surface area (Å²) in [6.07, 6.45) is -4.36. The van der Waals surface area contributed by atoms with Crippen LogP contribution in [0.1, 0.15) is 16.7 Å². The Labute approximate surface area is 143 Å². The van der Waals surface area contributed by atoms with E-state index in [-0.39, 0.29) is 18.9 Å². The van der Waals surface area contributed by atoms with E-state index in [1.807, 2.05) is 0 Å². The maximum atomic E-state index is 12.7. The second-order valence-electron chi connectivity index (χ2n) is 5.33. The van der Waals surface area contributed by atoms with E-state index >= 15 is 0 Å². The summed E-state index contributed by atoms with van der Waals surface area (Å²) < 4.78 is 48.4. The van der Waals surface area contributed by atoms with Crippen LogP contribution in [0.3, 0.4) is 0 Å². The molecule has 0 aliphatic carbocycles. The molecule has 0 spiro atoms. The topological polar surface area (TPSA) is 47.6 Å². The molecule has 0 atom stereocenters. The van der Waals surface area contributed by atoms with Crippen molar-refractivity contribution in [1.82, 2.24) is 5.32 Å². The van der Waals surface area contributed by atoms with Crippen molar-refractivity contribution in [3.63, 3.8) is 0 Å². The Morgan fingerprint density at radius 2 is 1.84 bits per heavy atom. The van der Waals surface area contributed by atoms with E-state index in [9.17, 15) is 18.0 Å². The zero-order valence-corrected chi connectivity index (χ0v) is 13.8. The lowest BCUT2D eigenvalue weighted by atomic mass is 10.1. The van der Waals surface area contributed by atoms with Gasteiger partial charge in [-0.3, -0.25) is 4.79 Å². The molecule has 0 saturated carbocycles. The van der Waals surface area contributed by atoms with E-state index in [4.69, 9.17) is 9.47 Å². The number of halogens is 3. The van der Waals surface area contributed by atoms with Crippen molar-refractivity contribution in [2.45, 2.75) is 19.1 Å². The normalized spacial score (nSPS) is 11.1. The maximum absolute atomic E-state index is 12.7. The molecule has 4 nitrogen and oxygen atoms in total. The molecular formula is C18H18F3NO3. The second-order valence-corrected chi connectivity index (χ2v) is 5.33. The summed E-state index contributed by atoms with van der Waals surface area (Å²) in [7, 11) is 3.01. The van der Waals surface area contributed by atoms with E-state index in [1.54, 1.807) is 18.2 Å². The van der Waals surface area contributed by atoms with E-state index in [1.165, 1.54) is 26.4 Å². The van der Waals surface area contributed by atoms with Crippen LogP contribution in [0.4, 0.5) is 13.2 Å². The number of hydrogen-bond acceptors (Lipinski definition) is 3. The predicted molar refractivity (Wildman–Crippen MR) is 86.5 cm³/mol. The van der Waals surface area contributed by atoms with Gasteiger partial charge in [0.25, 0.3) is 0 Å². The smallest absolute Gasteiger partial charge is 0.416 e. The number of carbonyl (C=O) groups is 1. The zero-order chi connectivity index (χ0) is 18.4. The fraction of sp³-hybridized carbons (Fsp3) is 0.278. The number of amides is 1. The van der Waals surface area contributed by atoms with Gasteiger partial charge in [-0.25, -0.2) is 0 Å². The van der Waals surface area contributed by atoms with Gasteiger partial charge in [0, 0.05) is 18.2 Å². The highest BCUT2D eigenvalue weighted by Crippen LogP contribution is 2.29. The first-order chi connectivity index (χ1) is 11.8. The number of methoxy groups -OCH3 is 2. The quantitative estimate of drug-likeness (QED) is 0.864. The van der Waals surface area contributed by atoms with E-state index in [2.05, 4.69) is 5.32 Å². The molecule has 0 bridgehead atoms. The summed E-state index contributed by atoms with van der Waals surface area (Å²) in [5, 5.41) is 2.61. The predicted octanol–water partition coefficient (Wildman–Crippen LogP) is 3.58. The van der Waals surface area contributed by atoms with Gasteiger partial charge in [-0.1, -0.05) is 18.2 Å². The molecule has 0 saturated heterocycles. The fourth-order valence-corrected chi connectivity index (χ4v) is 2.29. The Hall–Kier alpha value is -2.70. The van der Waals surface area contributed by atoms with Crippen LogP contribution in [-0.2, 0) is 23.9 Å². The van der Waals surface area contributed by atoms with Crippen molar-refractivity contribution >= 4 is 5.91 Å². The van der Waals surface area contributed by atoms with E-state index in [0.29, 0.717) is 22.6 Å². The maximum Gasteiger partial charge on any atom is 0.416 e. The molecule has 2 aromatic rings. The standard InChI is InChI=1S/C18H18F3NO3/c1-24-15-7-6-13(16(10-15)25-2)9-17(23)22-11-12-4-3-5-14(8-12)18(19,20)21/h3-8,10H,9,11H2,1-2H3,(H,22,23). The highest BCUT2D eigenvalue weighted by molar-refractivity contribution is 5.79. The Morgan fingerprint density at radius 3 is 2.48 bits per heavy atom. The zero-order valence-electron chi connectivity index (χ0n) is 13.8. The number of ether oxygens (including phenoxy) is 2. The van der Waals surface area contributed by atoms with Crippen LogP contribution < -0.4 is 14.8 Å². The number of hydrogen-bond donors (Lipinski definition) is 1. The molecular weight excluding hydrogens is 335 g/mol. The van der Waals surface area contributed by atoms with Gasteiger partial charge in [0.15, 0.2) is 0 Å². The molecule has 0 aliphatic rings. The average molecular weight is 353 g/mol. The Morgan fingerprint density at radius 1 is 1.08 bits per heavy atom. The monoisotopic (exact) mass is 353 g/mol. The minimum Gasteiger partial charge on any atom is -0.497 e. The fourth-order valence-electron chi connectivity index (χ4n) is 2.29. The van der Waals surface area contributed by atoms with Gasteiger partial charge in [-0.05, 0) is 23.8 Å². The van der Waals surface area contributed by atoms with Gasteiger partial charge in [0.2, 0.25) is 5.91 Å². The minimum atomic E-state index is -4.41. The molecule has 1 N–H and O–H groups in total. The molecule has 0 radical (unpaired) electrons. The third-order valence-electron chi connectivity index (χ3n) is 3.59. The summed E-state index contributed by atoms with van der Waals surface area (Å²) in [5.74, 6) is 0.791. The Kier molecular flexibility index (Phi) is 5.90. The van der Waals surface area contributed by atoms with Crippen LogP contribution in [0.2, 0.25) is 0 Å². The first kappa shape index (κ1) is 18.6. The first-order valence-corrected chi connectivity index (χ1v) is 7.47. The molecule has 25 heavy (non-hydrogen) atoms. The lowest BCUT2D eigenvalue weighted by molar-refractivity contribution is -0.137. The van der Waals surface area contributed by atoms with Gasteiger partial charge in [-0.15, -0.1) is 0 Å². The van der Waals surface area contributed by atoms with Gasteiger partial charge >= 0.3 is 6.18 Å². The van der Waals surface area contributed by atoms with Crippen molar-refractivity contribution < 1.29 is 27.4 Å². The third kappa shape index (κ3) is 5.14. The van der Waals surface area contributed by atoms with Gasteiger partial charge in [-0.2, -0.15) is 13.2 Å². The Balaban J connectivity index is 2.00. The molecule has 0 aromatic heterocycles. The van der Waals surface area contributed by atoms with Crippen molar-refractivity contribution in [3.05, 3.63) is 59.2 Å². The van der Waals surface area contributed by atoms with Crippen molar-refractivity contribution in [2.75, 3.05) is 14.2 Å². The first-order valence-electron chi connectivity index (χ1n) is 7.47. The number of benzene rings is 2. The summed E-state index contributed by atoms with van der Waals surface area (Å²) in [6.45, 7) is 0.0151. The van der Waals surface area contributed by atoms with Gasteiger partial charge in [0.05, 0.1) is 26.2 Å². The highest BCUT2D eigenvalue weighted by atomic mass is 19.4. The molecule has 0 aliphatic heterocycles. The minimum absolute atomic E-state index is 0.0151. The van der Waals surface area contributed by atoms with E-state index < -0.39 is 11.7 Å². The molecule has 134 valence electrons. The van der Waals surface area contributed by atoms with Crippen LogP contribution in [-0.4, -0.2) is 20.1 Å². The summed E-state index contributed by atoms with van der Waals surface area (Å²) in [5.41, 5.74) is 0.297. The van der Waals surface area contributed by atoms with Gasteiger partial charge < -0.3 is 14.8 Å². The summed E-state index contributed by atoms with van der Waals surface area (Å²) in [6, 6.07) is 9.94. The molecule has 0 unspecified atom stereocenters. The van der Waals surface area contributed by atoms with Crippen molar-refractivity contribution in [2.24, 2.45) is 0 Å². The third-order valence-corrected chi connectivity index (χ3v) is 3.59.